The first-order valence-electron chi connectivity index (χ1n) is 9.16. The highest BCUT2D eigenvalue weighted by atomic mass is 16.6. The largest absolute Gasteiger partial charge is 0.383 e. The number of carbonyl (C=O) groups excluding carboxylic acids is 1. The van der Waals surface area contributed by atoms with Crippen molar-refractivity contribution in [3.8, 4) is 11.4 Å². The number of carbonyl (C=O) groups is 1. The summed E-state index contributed by atoms with van der Waals surface area (Å²) in [7, 11) is 1.66. The van der Waals surface area contributed by atoms with Crippen molar-refractivity contribution in [2.75, 3.05) is 13.7 Å². The normalized spacial score (nSPS) is 12.1. The molecule has 0 amide bonds. The predicted octanol–water partition coefficient (Wildman–Crippen LogP) is 3.36. The summed E-state index contributed by atoms with van der Waals surface area (Å²) in [4.78, 5) is 27.4. The number of ether oxygens (including phenoxy) is 1. The van der Waals surface area contributed by atoms with Gasteiger partial charge in [0, 0.05) is 41.8 Å². The Kier molecular flexibility index (Phi) is 5.88. The number of aromatic nitrogens is 4. The average molecular weight is 397 g/mol. The minimum atomic E-state index is -0.460. The third-order valence-electron chi connectivity index (χ3n) is 4.81. The highest BCUT2D eigenvalue weighted by Gasteiger charge is 2.19. The zero-order chi connectivity index (χ0) is 21.1. The Labute approximate surface area is 168 Å². The van der Waals surface area contributed by atoms with E-state index in [1.54, 1.807) is 19.2 Å². The lowest BCUT2D eigenvalue weighted by molar-refractivity contribution is -0.384. The van der Waals surface area contributed by atoms with Gasteiger partial charge in [-0.25, -0.2) is 9.67 Å². The number of non-ortho nitro benzene ring substituents is 1. The van der Waals surface area contributed by atoms with Crippen LogP contribution in [0.25, 0.3) is 11.4 Å². The molecule has 0 fully saturated rings. The first kappa shape index (κ1) is 20.4. The van der Waals surface area contributed by atoms with E-state index < -0.39 is 4.92 Å². The number of methoxy groups -OCH3 is 1. The zero-order valence-electron chi connectivity index (χ0n) is 16.8. The zero-order valence-corrected chi connectivity index (χ0v) is 16.8. The van der Waals surface area contributed by atoms with Crippen LogP contribution in [0, 0.1) is 24.0 Å². The van der Waals surface area contributed by atoms with E-state index >= 15 is 0 Å². The topological polar surface area (TPSA) is 105 Å². The van der Waals surface area contributed by atoms with Crippen LogP contribution in [0.3, 0.4) is 0 Å². The van der Waals surface area contributed by atoms with Gasteiger partial charge in [0.2, 0.25) is 0 Å². The molecule has 0 spiro atoms. The Morgan fingerprint density at radius 2 is 1.97 bits per heavy atom. The molecule has 9 nitrogen and oxygen atoms in total. The molecule has 0 saturated heterocycles. The molecule has 29 heavy (non-hydrogen) atoms. The van der Waals surface area contributed by atoms with Gasteiger partial charge in [-0.15, -0.1) is 0 Å². The van der Waals surface area contributed by atoms with Gasteiger partial charge in [-0.3, -0.25) is 14.9 Å². The molecule has 2 heterocycles. The lowest BCUT2D eigenvalue weighted by atomic mass is 10.1. The Bertz CT molecular complexity index is 1040. The molecule has 0 radical (unpaired) electrons. The predicted molar refractivity (Wildman–Crippen MR) is 107 cm³/mol. The monoisotopic (exact) mass is 397 g/mol. The van der Waals surface area contributed by atoms with Gasteiger partial charge >= 0.3 is 0 Å². The minimum absolute atomic E-state index is 0.00131. The molecule has 0 saturated carbocycles. The molecule has 0 aliphatic carbocycles. The maximum atomic E-state index is 12.8. The van der Waals surface area contributed by atoms with Gasteiger partial charge in [0.15, 0.2) is 11.6 Å². The molecule has 1 atom stereocenters. The van der Waals surface area contributed by atoms with Crippen LogP contribution in [-0.4, -0.2) is 43.8 Å². The van der Waals surface area contributed by atoms with Crippen molar-refractivity contribution < 1.29 is 14.5 Å². The van der Waals surface area contributed by atoms with Gasteiger partial charge < -0.3 is 9.30 Å². The molecular formula is C20H23N5O4. The van der Waals surface area contributed by atoms with Crippen molar-refractivity contribution in [2.45, 2.75) is 33.4 Å². The quantitative estimate of drug-likeness (QED) is 0.328. The molecule has 2 aromatic heterocycles. The third kappa shape index (κ3) is 4.24. The van der Waals surface area contributed by atoms with E-state index in [1.165, 1.54) is 23.1 Å². The average Bonchev–Trinajstić information content (AvgIpc) is 3.26. The molecule has 9 heteroatoms. The summed E-state index contributed by atoms with van der Waals surface area (Å²) in [6.07, 6.45) is 1.49. The first-order valence-corrected chi connectivity index (χ1v) is 9.16. The summed E-state index contributed by atoms with van der Waals surface area (Å²) < 4.78 is 8.81. The Morgan fingerprint density at radius 3 is 2.59 bits per heavy atom. The number of nitro groups is 1. The minimum Gasteiger partial charge on any atom is -0.383 e. The van der Waals surface area contributed by atoms with E-state index in [9.17, 15) is 14.9 Å². The van der Waals surface area contributed by atoms with Crippen LogP contribution in [-0.2, 0) is 11.3 Å². The van der Waals surface area contributed by atoms with Gasteiger partial charge in [0.05, 0.1) is 17.6 Å². The number of hydrogen-bond donors (Lipinski definition) is 0. The van der Waals surface area contributed by atoms with Crippen LogP contribution >= 0.6 is 0 Å². The molecule has 152 valence electrons. The number of nitrogens with zero attached hydrogens (tertiary/aromatic N) is 5. The lowest BCUT2D eigenvalue weighted by Crippen LogP contribution is -2.16. The van der Waals surface area contributed by atoms with E-state index in [0.29, 0.717) is 23.6 Å². The van der Waals surface area contributed by atoms with Crippen molar-refractivity contribution in [3.05, 3.63) is 63.7 Å². The van der Waals surface area contributed by atoms with Gasteiger partial charge in [-0.05, 0) is 39.0 Å². The standard InChI is InChI=1S/C20H23N5O4/c1-13-9-18(15(3)24(13)14(2)11-29-4)19(26)10-23-12-21-20(22-23)16-5-7-17(8-6-16)25(27)28/h5-9,12,14H,10-11H2,1-4H3. The van der Waals surface area contributed by atoms with E-state index in [1.807, 2.05) is 26.8 Å². The number of Topliss-reactive ketones (excluding diaryl/α,β-unsaturated/α-hetero) is 1. The third-order valence-corrected chi connectivity index (χ3v) is 4.81. The van der Waals surface area contributed by atoms with Crippen LogP contribution in [0.5, 0.6) is 0 Å². The van der Waals surface area contributed by atoms with Crippen LogP contribution in [0.1, 0.15) is 34.7 Å². The van der Waals surface area contributed by atoms with E-state index in [4.69, 9.17) is 4.74 Å². The molecule has 0 bridgehead atoms. The van der Waals surface area contributed by atoms with Crippen molar-refractivity contribution in [3.63, 3.8) is 0 Å². The molecule has 1 unspecified atom stereocenters. The van der Waals surface area contributed by atoms with Crippen LogP contribution in [0.15, 0.2) is 36.7 Å². The molecule has 0 N–H and O–H groups in total. The number of benzene rings is 1. The first-order chi connectivity index (χ1) is 13.8. The van der Waals surface area contributed by atoms with Crippen molar-refractivity contribution in [2.24, 2.45) is 0 Å². The Balaban J connectivity index is 1.77. The van der Waals surface area contributed by atoms with E-state index in [2.05, 4.69) is 14.6 Å². The molecule has 3 rings (SSSR count). The Morgan fingerprint density at radius 1 is 1.28 bits per heavy atom. The number of rotatable bonds is 8. The fourth-order valence-electron chi connectivity index (χ4n) is 3.52. The highest BCUT2D eigenvalue weighted by Crippen LogP contribution is 2.22. The van der Waals surface area contributed by atoms with Crippen LogP contribution in [0.4, 0.5) is 5.69 Å². The van der Waals surface area contributed by atoms with Gasteiger partial charge in [0.1, 0.15) is 12.9 Å². The number of ketones is 1. The number of aryl methyl sites for hydroxylation is 1. The second-order valence-electron chi connectivity index (χ2n) is 6.95. The Hall–Kier alpha value is -3.33. The summed E-state index contributed by atoms with van der Waals surface area (Å²) in [6, 6.07) is 7.99. The smallest absolute Gasteiger partial charge is 0.269 e. The fraction of sp³-hybridized carbons (Fsp3) is 0.350. The molecular weight excluding hydrogens is 374 g/mol. The lowest BCUT2D eigenvalue weighted by Gasteiger charge is -2.17. The molecule has 1 aromatic carbocycles. The summed E-state index contributed by atoms with van der Waals surface area (Å²) in [5.74, 6) is 0.348. The van der Waals surface area contributed by atoms with E-state index in [0.717, 1.165) is 11.4 Å². The van der Waals surface area contributed by atoms with Crippen LogP contribution in [0.2, 0.25) is 0 Å². The van der Waals surface area contributed by atoms with Gasteiger partial charge in [0.25, 0.3) is 5.69 Å². The van der Waals surface area contributed by atoms with E-state index in [-0.39, 0.29) is 24.1 Å². The van der Waals surface area contributed by atoms with Crippen molar-refractivity contribution in [1.29, 1.82) is 0 Å². The molecule has 3 aromatic rings. The van der Waals surface area contributed by atoms with Gasteiger partial charge in [-0.2, -0.15) is 5.10 Å². The SMILES string of the molecule is COCC(C)n1c(C)cc(C(=O)Cn2cnc(-c3ccc([N+](=O)[O-])cc3)n2)c1C. The second-order valence-corrected chi connectivity index (χ2v) is 6.95. The molecule has 0 aliphatic rings. The number of nitro benzene ring substituents is 1. The molecule has 0 aliphatic heterocycles. The van der Waals surface area contributed by atoms with Crippen molar-refractivity contribution >= 4 is 11.5 Å². The van der Waals surface area contributed by atoms with Gasteiger partial charge in [-0.1, -0.05) is 0 Å². The second kappa shape index (κ2) is 8.36. The van der Waals surface area contributed by atoms with Crippen LogP contribution < -0.4 is 0 Å². The maximum absolute atomic E-state index is 12.8. The highest BCUT2D eigenvalue weighted by molar-refractivity contribution is 5.97. The maximum Gasteiger partial charge on any atom is 0.269 e. The fourth-order valence-corrected chi connectivity index (χ4v) is 3.52. The summed E-state index contributed by atoms with van der Waals surface area (Å²) in [5.41, 5.74) is 3.20. The summed E-state index contributed by atoms with van der Waals surface area (Å²) in [5, 5.41) is 15.1. The summed E-state index contributed by atoms with van der Waals surface area (Å²) >= 11 is 0. The van der Waals surface area contributed by atoms with Crippen molar-refractivity contribution in [1.82, 2.24) is 19.3 Å². The summed E-state index contributed by atoms with van der Waals surface area (Å²) in [6.45, 7) is 6.56. The number of hydrogen-bond acceptors (Lipinski definition) is 6.